The van der Waals surface area contributed by atoms with Crippen LogP contribution in [0.5, 0.6) is 0 Å². The number of aromatic nitrogens is 3. The lowest BCUT2D eigenvalue weighted by atomic mass is 10.0. The molecule has 0 aliphatic heterocycles. The number of carbonyl (C=O) groups excluding carboxylic acids is 1. The molecule has 9 heteroatoms. The van der Waals surface area contributed by atoms with Crippen LogP contribution in [0.3, 0.4) is 0 Å². The van der Waals surface area contributed by atoms with Gasteiger partial charge in [0.15, 0.2) is 0 Å². The van der Waals surface area contributed by atoms with Crippen LogP contribution in [0.4, 0.5) is 4.39 Å². The molecule has 0 spiro atoms. The summed E-state index contributed by atoms with van der Waals surface area (Å²) >= 11 is 6.13. The van der Waals surface area contributed by atoms with E-state index in [2.05, 4.69) is 15.3 Å². The van der Waals surface area contributed by atoms with Crippen LogP contribution in [0.1, 0.15) is 38.8 Å². The molecule has 0 saturated carbocycles. The van der Waals surface area contributed by atoms with E-state index in [1.807, 2.05) is 30.3 Å². The zero-order chi connectivity index (χ0) is 25.9. The maximum Gasteiger partial charge on any atom is 0.251 e. The van der Waals surface area contributed by atoms with E-state index in [4.69, 9.17) is 17.3 Å². The predicted octanol–water partition coefficient (Wildman–Crippen LogP) is 4.54. The Bertz CT molecular complexity index is 1650. The summed E-state index contributed by atoms with van der Waals surface area (Å²) < 4.78 is 16.1. The van der Waals surface area contributed by atoms with E-state index >= 15 is 0 Å². The average molecular weight is 516 g/mol. The number of nitrogens with one attached hydrogen (secondary N) is 2. The summed E-state index contributed by atoms with van der Waals surface area (Å²) in [6.45, 7) is 0.449. The van der Waals surface area contributed by atoms with E-state index in [0.29, 0.717) is 39.3 Å². The fourth-order valence-corrected chi connectivity index (χ4v) is 4.33. The van der Waals surface area contributed by atoms with Crippen molar-refractivity contribution in [1.82, 2.24) is 19.9 Å². The van der Waals surface area contributed by atoms with Crippen molar-refractivity contribution in [3.63, 3.8) is 0 Å². The lowest BCUT2D eigenvalue weighted by Gasteiger charge is -2.14. The molecule has 4 N–H and O–H groups in total. The number of fused-ring (bicyclic) bond motifs is 1. The molecule has 37 heavy (non-hydrogen) atoms. The first-order valence-corrected chi connectivity index (χ1v) is 12.0. The van der Waals surface area contributed by atoms with Crippen LogP contribution in [-0.4, -0.2) is 20.4 Å². The van der Waals surface area contributed by atoms with Gasteiger partial charge in [0.25, 0.3) is 11.5 Å². The lowest BCUT2D eigenvalue weighted by molar-refractivity contribution is 0.0950. The van der Waals surface area contributed by atoms with Gasteiger partial charge < -0.3 is 20.6 Å². The van der Waals surface area contributed by atoms with E-state index in [1.165, 1.54) is 18.3 Å². The number of benzene rings is 2. The molecule has 3 heterocycles. The Labute approximate surface area is 216 Å². The van der Waals surface area contributed by atoms with E-state index < -0.39 is 11.9 Å². The molecule has 0 radical (unpaired) electrons. The van der Waals surface area contributed by atoms with Crippen LogP contribution >= 0.6 is 11.6 Å². The fourth-order valence-electron chi connectivity index (χ4n) is 4.12. The number of nitrogens with two attached hydrogens (primary N) is 1. The average Bonchev–Trinajstić information content (AvgIpc) is 3.27. The highest BCUT2D eigenvalue weighted by Crippen LogP contribution is 2.26. The summed E-state index contributed by atoms with van der Waals surface area (Å²) in [7, 11) is 0. The minimum absolute atomic E-state index is 0.00219. The van der Waals surface area contributed by atoms with Crippen LogP contribution < -0.4 is 16.6 Å². The molecule has 0 saturated heterocycles. The Kier molecular flexibility index (Phi) is 6.85. The number of halogens is 2. The normalized spacial score (nSPS) is 12.0. The molecule has 1 atom stereocenters. The molecule has 0 bridgehead atoms. The van der Waals surface area contributed by atoms with Crippen LogP contribution in [0.15, 0.2) is 90.1 Å². The molecule has 5 rings (SSSR count). The topological polar surface area (TPSA) is 106 Å². The third-order valence-corrected chi connectivity index (χ3v) is 6.50. The molecule has 0 aliphatic carbocycles. The minimum atomic E-state index is -0.558. The first kappa shape index (κ1) is 24.4. The smallest absolute Gasteiger partial charge is 0.251 e. The van der Waals surface area contributed by atoms with Crippen molar-refractivity contribution < 1.29 is 9.18 Å². The van der Waals surface area contributed by atoms with Crippen LogP contribution in [0, 0.1) is 5.82 Å². The third-order valence-electron chi connectivity index (χ3n) is 6.19. The second-order valence-corrected chi connectivity index (χ2v) is 9.07. The molecule has 7 nitrogen and oxygen atoms in total. The number of carbonyl (C=O) groups is 1. The summed E-state index contributed by atoms with van der Waals surface area (Å²) in [5.41, 5.74) is 9.94. The zero-order valence-electron chi connectivity index (χ0n) is 19.6. The Morgan fingerprint density at radius 3 is 2.73 bits per heavy atom. The predicted molar refractivity (Wildman–Crippen MR) is 141 cm³/mol. The highest BCUT2D eigenvalue weighted by molar-refractivity contribution is 6.35. The first-order chi connectivity index (χ1) is 17.9. The van der Waals surface area contributed by atoms with Gasteiger partial charge in [0.05, 0.1) is 23.3 Å². The highest BCUT2D eigenvalue weighted by Gasteiger charge is 2.15. The second kappa shape index (κ2) is 10.4. The monoisotopic (exact) mass is 515 g/mol. The quantitative estimate of drug-likeness (QED) is 0.296. The summed E-state index contributed by atoms with van der Waals surface area (Å²) in [5, 5.41) is 3.91. The Morgan fingerprint density at radius 2 is 1.95 bits per heavy atom. The van der Waals surface area contributed by atoms with Crippen LogP contribution in [-0.2, 0) is 13.1 Å². The van der Waals surface area contributed by atoms with E-state index in [0.717, 1.165) is 11.1 Å². The van der Waals surface area contributed by atoms with Gasteiger partial charge in [0.2, 0.25) is 0 Å². The zero-order valence-corrected chi connectivity index (χ0v) is 20.4. The SMILES string of the molecule is NC(c1ccc(Cn2ccccc2=O)cc1)c1cc(C(=O)NCc2cc3c(Cl)c[nH]c3cc2F)ccn1. The number of amides is 1. The van der Waals surface area contributed by atoms with Gasteiger partial charge in [-0.05, 0) is 41.5 Å². The van der Waals surface area contributed by atoms with Crippen molar-refractivity contribution in [3.8, 4) is 0 Å². The molecule has 3 aromatic heterocycles. The van der Waals surface area contributed by atoms with Gasteiger partial charge in [-0.15, -0.1) is 0 Å². The highest BCUT2D eigenvalue weighted by atomic mass is 35.5. The Hall–Kier alpha value is -4.27. The Morgan fingerprint density at radius 1 is 1.14 bits per heavy atom. The second-order valence-electron chi connectivity index (χ2n) is 8.66. The maximum atomic E-state index is 14.5. The van der Waals surface area contributed by atoms with E-state index in [9.17, 15) is 14.0 Å². The molecular formula is C28H23ClFN5O2. The van der Waals surface area contributed by atoms with Gasteiger partial charge in [-0.1, -0.05) is 41.9 Å². The summed E-state index contributed by atoms with van der Waals surface area (Å²) in [6, 6.07) is 18.2. The number of nitrogens with zero attached hydrogens (tertiary/aromatic N) is 2. The van der Waals surface area contributed by atoms with Gasteiger partial charge in [-0.25, -0.2) is 4.39 Å². The van der Waals surface area contributed by atoms with Crippen molar-refractivity contribution in [2.24, 2.45) is 5.73 Å². The first-order valence-electron chi connectivity index (χ1n) is 11.6. The molecule has 2 aromatic carbocycles. The number of pyridine rings is 2. The van der Waals surface area contributed by atoms with Crippen LogP contribution in [0.2, 0.25) is 5.02 Å². The van der Waals surface area contributed by atoms with Crippen LogP contribution in [0.25, 0.3) is 10.9 Å². The van der Waals surface area contributed by atoms with E-state index in [-0.39, 0.29) is 18.0 Å². The van der Waals surface area contributed by atoms with Crippen molar-refractivity contribution >= 4 is 28.4 Å². The number of aromatic amines is 1. The molecule has 1 amide bonds. The molecule has 0 fully saturated rings. The van der Waals surface area contributed by atoms with Gasteiger partial charge in [-0.3, -0.25) is 14.6 Å². The Balaban J connectivity index is 1.27. The van der Waals surface area contributed by atoms with Gasteiger partial charge in [0.1, 0.15) is 5.82 Å². The van der Waals surface area contributed by atoms with Gasteiger partial charge in [0, 0.05) is 53.2 Å². The maximum absolute atomic E-state index is 14.5. The summed E-state index contributed by atoms with van der Waals surface area (Å²) in [4.78, 5) is 32.0. The van der Waals surface area contributed by atoms with Gasteiger partial charge in [-0.2, -0.15) is 0 Å². The van der Waals surface area contributed by atoms with Gasteiger partial charge >= 0.3 is 0 Å². The largest absolute Gasteiger partial charge is 0.360 e. The standard InChI is InChI=1S/C28H23ClFN5O2/c29-22-15-33-24-13-23(30)20(11-21(22)24)14-34-28(37)19-8-9-32-25(12-19)27(31)18-6-4-17(5-7-18)16-35-10-2-1-3-26(35)36/h1-13,15,27,33H,14,16,31H2,(H,34,37). The number of hydrogen-bond donors (Lipinski definition) is 3. The molecule has 5 aromatic rings. The summed E-state index contributed by atoms with van der Waals surface area (Å²) in [6.07, 6.45) is 4.85. The lowest BCUT2D eigenvalue weighted by Crippen LogP contribution is -2.24. The molecule has 0 aliphatic rings. The van der Waals surface area contributed by atoms with E-state index in [1.54, 1.807) is 41.2 Å². The third kappa shape index (κ3) is 5.30. The molecule has 1 unspecified atom stereocenters. The van der Waals surface area contributed by atoms with Crippen molar-refractivity contribution in [2.45, 2.75) is 19.1 Å². The number of rotatable bonds is 7. The van der Waals surface area contributed by atoms with Crippen molar-refractivity contribution in [1.29, 1.82) is 0 Å². The number of hydrogen-bond acceptors (Lipinski definition) is 4. The molecular weight excluding hydrogens is 493 g/mol. The minimum Gasteiger partial charge on any atom is -0.360 e. The summed E-state index contributed by atoms with van der Waals surface area (Å²) in [5.74, 6) is -0.816. The van der Waals surface area contributed by atoms with Crippen molar-refractivity contribution in [3.05, 3.63) is 134 Å². The number of H-pyrrole nitrogens is 1. The van der Waals surface area contributed by atoms with Crippen molar-refractivity contribution in [2.75, 3.05) is 0 Å². The molecule has 186 valence electrons. The fraction of sp³-hybridized carbons (Fsp3) is 0.107.